The number of aryl methyl sites for hydroxylation is 2. The van der Waals surface area contributed by atoms with Crippen LogP contribution in [0.25, 0.3) is 0 Å². The van der Waals surface area contributed by atoms with Crippen molar-refractivity contribution in [2.75, 3.05) is 11.9 Å². The molecule has 0 saturated heterocycles. The van der Waals surface area contributed by atoms with Gasteiger partial charge in [0.25, 0.3) is 11.6 Å². The molecule has 0 aromatic heterocycles. The molecule has 0 saturated carbocycles. The molecule has 7 heteroatoms. The predicted molar refractivity (Wildman–Crippen MR) is 90.8 cm³/mol. The quantitative estimate of drug-likeness (QED) is 0.629. The molecule has 0 unspecified atom stereocenters. The predicted octanol–water partition coefficient (Wildman–Crippen LogP) is 3.99. The van der Waals surface area contributed by atoms with Crippen LogP contribution in [0.5, 0.6) is 5.75 Å². The number of nitrogens with zero attached hydrogens (tertiary/aromatic N) is 1. The van der Waals surface area contributed by atoms with Crippen molar-refractivity contribution in [1.29, 1.82) is 0 Å². The molecule has 6 nitrogen and oxygen atoms in total. The normalized spacial score (nSPS) is 10.2. The molecule has 23 heavy (non-hydrogen) atoms. The number of amides is 1. The standard InChI is InChI=1S/C16H15BrN2O4/c1-10-7-13(19(21)22)8-11(2)16(10)18-15(20)9-23-14-5-3-12(17)4-6-14/h3-8H,9H2,1-2H3,(H,18,20). The number of rotatable bonds is 5. The van der Waals surface area contributed by atoms with Crippen LogP contribution in [0.4, 0.5) is 11.4 Å². The summed E-state index contributed by atoms with van der Waals surface area (Å²) in [6.07, 6.45) is 0. The number of non-ortho nitro benzene ring substituents is 1. The number of halogens is 1. The zero-order valence-electron chi connectivity index (χ0n) is 12.6. The van der Waals surface area contributed by atoms with Crippen LogP contribution in [0.2, 0.25) is 0 Å². The Morgan fingerprint density at radius 1 is 1.22 bits per heavy atom. The summed E-state index contributed by atoms with van der Waals surface area (Å²) < 4.78 is 6.32. The number of carbonyl (C=O) groups is 1. The third-order valence-corrected chi connectivity index (χ3v) is 3.70. The van der Waals surface area contributed by atoms with E-state index in [4.69, 9.17) is 4.74 Å². The third-order valence-electron chi connectivity index (χ3n) is 3.18. The van der Waals surface area contributed by atoms with E-state index in [9.17, 15) is 14.9 Å². The average Bonchev–Trinajstić information content (AvgIpc) is 2.50. The molecule has 0 fully saturated rings. The molecule has 1 N–H and O–H groups in total. The summed E-state index contributed by atoms with van der Waals surface area (Å²) in [7, 11) is 0. The molecule has 120 valence electrons. The molecule has 1 amide bonds. The maximum absolute atomic E-state index is 12.0. The summed E-state index contributed by atoms with van der Waals surface area (Å²) in [4.78, 5) is 22.4. The van der Waals surface area contributed by atoms with E-state index in [2.05, 4.69) is 21.2 Å². The van der Waals surface area contributed by atoms with Gasteiger partial charge in [-0.1, -0.05) is 15.9 Å². The van der Waals surface area contributed by atoms with Crippen molar-refractivity contribution < 1.29 is 14.5 Å². The Morgan fingerprint density at radius 3 is 2.30 bits per heavy atom. The second-order valence-electron chi connectivity index (χ2n) is 5.00. The van der Waals surface area contributed by atoms with Gasteiger partial charge in [0.1, 0.15) is 5.75 Å². The van der Waals surface area contributed by atoms with Gasteiger partial charge in [0.15, 0.2) is 6.61 Å². The summed E-state index contributed by atoms with van der Waals surface area (Å²) in [5.74, 6) is 0.258. The van der Waals surface area contributed by atoms with Gasteiger partial charge >= 0.3 is 0 Å². The first-order valence-corrected chi connectivity index (χ1v) is 7.60. The number of hydrogen-bond donors (Lipinski definition) is 1. The molecule has 2 aromatic carbocycles. The van der Waals surface area contributed by atoms with Crippen LogP contribution >= 0.6 is 15.9 Å². The Hall–Kier alpha value is -2.41. The zero-order chi connectivity index (χ0) is 17.0. The van der Waals surface area contributed by atoms with Gasteiger partial charge in [-0.25, -0.2) is 0 Å². The van der Waals surface area contributed by atoms with Crippen molar-refractivity contribution in [1.82, 2.24) is 0 Å². The van der Waals surface area contributed by atoms with E-state index >= 15 is 0 Å². The topological polar surface area (TPSA) is 81.5 Å². The molecule has 0 atom stereocenters. The van der Waals surface area contributed by atoms with E-state index in [0.717, 1.165) is 4.47 Å². The summed E-state index contributed by atoms with van der Waals surface area (Å²) in [6, 6.07) is 9.99. The van der Waals surface area contributed by atoms with Crippen LogP contribution in [-0.4, -0.2) is 17.4 Å². The van der Waals surface area contributed by atoms with Gasteiger partial charge in [0, 0.05) is 22.3 Å². The molecule has 0 aliphatic rings. The number of nitro benzene ring substituents is 1. The minimum Gasteiger partial charge on any atom is -0.484 e. The number of benzene rings is 2. The first-order chi connectivity index (χ1) is 10.9. The monoisotopic (exact) mass is 378 g/mol. The highest BCUT2D eigenvalue weighted by Gasteiger charge is 2.14. The largest absolute Gasteiger partial charge is 0.484 e. The Labute approximate surface area is 141 Å². The van der Waals surface area contributed by atoms with E-state index < -0.39 is 4.92 Å². The minimum absolute atomic E-state index is 0.00381. The summed E-state index contributed by atoms with van der Waals surface area (Å²) in [6.45, 7) is 3.29. The van der Waals surface area contributed by atoms with Crippen molar-refractivity contribution >= 4 is 33.2 Å². The van der Waals surface area contributed by atoms with E-state index in [1.54, 1.807) is 26.0 Å². The number of nitrogens with one attached hydrogen (secondary N) is 1. The van der Waals surface area contributed by atoms with E-state index in [0.29, 0.717) is 22.6 Å². The van der Waals surface area contributed by atoms with Crippen molar-refractivity contribution in [3.63, 3.8) is 0 Å². The summed E-state index contributed by atoms with van der Waals surface area (Å²) in [5, 5.41) is 13.5. The first kappa shape index (κ1) is 17.0. The lowest BCUT2D eigenvalue weighted by Crippen LogP contribution is -2.21. The van der Waals surface area contributed by atoms with E-state index in [-0.39, 0.29) is 18.2 Å². The van der Waals surface area contributed by atoms with Gasteiger partial charge in [-0.05, 0) is 49.2 Å². The fourth-order valence-electron chi connectivity index (χ4n) is 2.10. The lowest BCUT2D eigenvalue weighted by atomic mass is 10.1. The van der Waals surface area contributed by atoms with Gasteiger partial charge in [-0.3, -0.25) is 14.9 Å². The average molecular weight is 379 g/mol. The lowest BCUT2D eigenvalue weighted by Gasteiger charge is -2.12. The Balaban J connectivity index is 2.02. The van der Waals surface area contributed by atoms with Gasteiger partial charge in [0.05, 0.1) is 4.92 Å². The smallest absolute Gasteiger partial charge is 0.270 e. The third kappa shape index (κ3) is 4.53. The highest BCUT2D eigenvalue weighted by molar-refractivity contribution is 9.10. The van der Waals surface area contributed by atoms with Gasteiger partial charge in [-0.2, -0.15) is 0 Å². The van der Waals surface area contributed by atoms with Crippen LogP contribution in [0.3, 0.4) is 0 Å². The van der Waals surface area contributed by atoms with Gasteiger partial charge < -0.3 is 10.1 Å². The Bertz CT molecular complexity index is 721. The maximum Gasteiger partial charge on any atom is 0.270 e. The summed E-state index contributed by atoms with van der Waals surface area (Å²) in [5.41, 5.74) is 1.84. The van der Waals surface area contributed by atoms with Crippen molar-refractivity contribution in [2.45, 2.75) is 13.8 Å². The van der Waals surface area contributed by atoms with Crippen LogP contribution in [0, 0.1) is 24.0 Å². The molecular formula is C16H15BrN2O4. The highest BCUT2D eigenvalue weighted by atomic mass is 79.9. The first-order valence-electron chi connectivity index (χ1n) is 6.80. The minimum atomic E-state index is -0.456. The molecular weight excluding hydrogens is 364 g/mol. The van der Waals surface area contributed by atoms with Gasteiger partial charge in [0.2, 0.25) is 0 Å². The number of hydrogen-bond acceptors (Lipinski definition) is 4. The van der Waals surface area contributed by atoms with Crippen molar-refractivity contribution in [3.8, 4) is 5.75 Å². The maximum atomic E-state index is 12.0. The molecule has 0 aliphatic carbocycles. The SMILES string of the molecule is Cc1cc([N+](=O)[O-])cc(C)c1NC(=O)COc1ccc(Br)cc1. The highest BCUT2D eigenvalue weighted by Crippen LogP contribution is 2.26. The molecule has 2 aromatic rings. The number of ether oxygens (including phenoxy) is 1. The van der Waals surface area contributed by atoms with Crippen LogP contribution < -0.4 is 10.1 Å². The van der Waals surface area contributed by atoms with Crippen molar-refractivity contribution in [2.24, 2.45) is 0 Å². The number of anilines is 1. The fraction of sp³-hybridized carbons (Fsp3) is 0.188. The Morgan fingerprint density at radius 2 is 1.78 bits per heavy atom. The molecule has 0 spiro atoms. The molecule has 0 heterocycles. The summed E-state index contributed by atoms with van der Waals surface area (Å²) >= 11 is 3.32. The number of carbonyl (C=O) groups excluding carboxylic acids is 1. The van der Waals surface area contributed by atoms with Crippen molar-refractivity contribution in [3.05, 3.63) is 62.1 Å². The van der Waals surface area contributed by atoms with E-state index in [1.807, 2.05) is 12.1 Å². The lowest BCUT2D eigenvalue weighted by molar-refractivity contribution is -0.384. The molecule has 2 rings (SSSR count). The molecule has 0 radical (unpaired) electrons. The second kappa shape index (κ2) is 7.23. The molecule has 0 bridgehead atoms. The van der Waals surface area contributed by atoms with Crippen LogP contribution in [0.15, 0.2) is 40.9 Å². The second-order valence-corrected chi connectivity index (χ2v) is 5.92. The fourth-order valence-corrected chi connectivity index (χ4v) is 2.36. The zero-order valence-corrected chi connectivity index (χ0v) is 14.2. The van der Waals surface area contributed by atoms with Gasteiger partial charge in [-0.15, -0.1) is 0 Å². The van der Waals surface area contributed by atoms with E-state index in [1.165, 1.54) is 12.1 Å². The molecule has 0 aliphatic heterocycles. The van der Waals surface area contributed by atoms with Crippen LogP contribution in [-0.2, 0) is 4.79 Å². The van der Waals surface area contributed by atoms with Crippen LogP contribution in [0.1, 0.15) is 11.1 Å². The Kier molecular flexibility index (Phi) is 5.33. The number of nitro groups is 1.